The topological polar surface area (TPSA) is 28.7 Å². The standard InChI is InChI=1S/C21H16Cl2N2/c1-13-21(16-9-10-18(22)19(23)11-16)25-20(24-13)12-15-7-4-6-14-5-2-3-8-17(14)15/h2-11H,12H2,1H3,(H,24,25). The number of nitrogens with one attached hydrogen (secondary N) is 1. The van der Waals surface area contributed by atoms with Crippen molar-refractivity contribution < 1.29 is 0 Å². The Morgan fingerprint density at radius 2 is 1.72 bits per heavy atom. The SMILES string of the molecule is Cc1[nH]c(Cc2cccc3ccccc23)nc1-c1ccc(Cl)c(Cl)c1. The van der Waals surface area contributed by atoms with E-state index in [9.17, 15) is 0 Å². The van der Waals surface area contributed by atoms with Crippen molar-refractivity contribution in [3.63, 3.8) is 0 Å². The van der Waals surface area contributed by atoms with Crippen LogP contribution in [0.15, 0.2) is 60.7 Å². The summed E-state index contributed by atoms with van der Waals surface area (Å²) in [5, 5.41) is 3.59. The van der Waals surface area contributed by atoms with E-state index in [1.165, 1.54) is 16.3 Å². The summed E-state index contributed by atoms with van der Waals surface area (Å²) in [6.07, 6.45) is 0.753. The van der Waals surface area contributed by atoms with E-state index < -0.39 is 0 Å². The van der Waals surface area contributed by atoms with E-state index in [4.69, 9.17) is 28.2 Å². The zero-order valence-corrected chi connectivity index (χ0v) is 15.2. The Hall–Kier alpha value is -2.29. The molecule has 1 heterocycles. The molecule has 0 aliphatic rings. The van der Waals surface area contributed by atoms with Gasteiger partial charge in [0.15, 0.2) is 0 Å². The number of aryl methyl sites for hydroxylation is 1. The highest BCUT2D eigenvalue weighted by molar-refractivity contribution is 6.42. The Kier molecular flexibility index (Phi) is 4.24. The van der Waals surface area contributed by atoms with Crippen molar-refractivity contribution in [2.75, 3.05) is 0 Å². The van der Waals surface area contributed by atoms with Crippen molar-refractivity contribution in [3.8, 4) is 11.3 Å². The highest BCUT2D eigenvalue weighted by Gasteiger charge is 2.12. The lowest BCUT2D eigenvalue weighted by Crippen LogP contribution is -1.92. The fourth-order valence-electron chi connectivity index (χ4n) is 3.16. The Balaban J connectivity index is 1.71. The zero-order chi connectivity index (χ0) is 17.4. The number of imidazole rings is 1. The third-order valence-corrected chi connectivity index (χ3v) is 5.10. The summed E-state index contributed by atoms with van der Waals surface area (Å²) in [6.45, 7) is 2.03. The van der Waals surface area contributed by atoms with Crippen LogP contribution < -0.4 is 0 Å². The van der Waals surface area contributed by atoms with E-state index in [0.717, 1.165) is 29.2 Å². The normalized spacial score (nSPS) is 11.2. The van der Waals surface area contributed by atoms with Crippen LogP contribution in [0.1, 0.15) is 17.1 Å². The smallest absolute Gasteiger partial charge is 0.111 e. The summed E-state index contributed by atoms with van der Waals surface area (Å²) in [4.78, 5) is 8.20. The molecule has 2 nitrogen and oxygen atoms in total. The summed E-state index contributed by atoms with van der Waals surface area (Å²) in [6, 6.07) is 20.4. The molecule has 0 bridgehead atoms. The fourth-order valence-corrected chi connectivity index (χ4v) is 3.46. The average molecular weight is 367 g/mol. The lowest BCUT2D eigenvalue weighted by molar-refractivity contribution is 1.02. The second kappa shape index (κ2) is 6.55. The maximum atomic E-state index is 6.15. The van der Waals surface area contributed by atoms with E-state index in [1.54, 1.807) is 6.07 Å². The Labute approximate surface area is 156 Å². The number of H-pyrrole nitrogens is 1. The van der Waals surface area contributed by atoms with Gasteiger partial charge in [0.1, 0.15) is 5.82 Å². The van der Waals surface area contributed by atoms with Gasteiger partial charge >= 0.3 is 0 Å². The summed E-state index contributed by atoms with van der Waals surface area (Å²) >= 11 is 12.2. The zero-order valence-electron chi connectivity index (χ0n) is 13.7. The summed E-state index contributed by atoms with van der Waals surface area (Å²) in [7, 11) is 0. The minimum atomic E-state index is 0.539. The van der Waals surface area contributed by atoms with Gasteiger partial charge in [-0.3, -0.25) is 0 Å². The molecule has 4 rings (SSSR count). The van der Waals surface area contributed by atoms with Crippen molar-refractivity contribution in [1.82, 2.24) is 9.97 Å². The molecule has 3 aromatic carbocycles. The molecule has 0 spiro atoms. The van der Waals surface area contributed by atoms with Crippen LogP contribution in [0.2, 0.25) is 10.0 Å². The molecular weight excluding hydrogens is 351 g/mol. The molecule has 0 unspecified atom stereocenters. The van der Waals surface area contributed by atoms with Crippen LogP contribution in [0.25, 0.3) is 22.0 Å². The third-order valence-electron chi connectivity index (χ3n) is 4.36. The van der Waals surface area contributed by atoms with Gasteiger partial charge in [0.05, 0.1) is 15.7 Å². The molecule has 4 heteroatoms. The van der Waals surface area contributed by atoms with Crippen LogP contribution in [0.5, 0.6) is 0 Å². The van der Waals surface area contributed by atoms with Crippen LogP contribution >= 0.6 is 23.2 Å². The maximum Gasteiger partial charge on any atom is 0.111 e. The lowest BCUT2D eigenvalue weighted by Gasteiger charge is -2.04. The van der Waals surface area contributed by atoms with Crippen LogP contribution in [0, 0.1) is 6.92 Å². The summed E-state index contributed by atoms with van der Waals surface area (Å²) in [5.41, 5.74) is 4.15. The Bertz CT molecular complexity index is 1060. The van der Waals surface area contributed by atoms with Gasteiger partial charge in [0, 0.05) is 17.7 Å². The van der Waals surface area contributed by atoms with E-state index in [2.05, 4.69) is 47.4 Å². The quantitative estimate of drug-likeness (QED) is 0.444. The molecule has 25 heavy (non-hydrogen) atoms. The molecule has 0 aliphatic heterocycles. The van der Waals surface area contributed by atoms with E-state index in [-0.39, 0.29) is 0 Å². The predicted octanol–water partition coefficient (Wildman–Crippen LogP) is 6.44. The van der Waals surface area contributed by atoms with Crippen LogP contribution in [-0.2, 0) is 6.42 Å². The maximum absolute atomic E-state index is 6.15. The molecule has 4 aromatic rings. The number of aromatic amines is 1. The number of hydrogen-bond acceptors (Lipinski definition) is 1. The van der Waals surface area contributed by atoms with Gasteiger partial charge in [-0.05, 0) is 35.4 Å². The average Bonchev–Trinajstić information content (AvgIpc) is 2.98. The van der Waals surface area contributed by atoms with Crippen LogP contribution in [0.4, 0.5) is 0 Å². The summed E-state index contributed by atoms with van der Waals surface area (Å²) < 4.78 is 0. The first kappa shape index (κ1) is 16.2. The first-order chi connectivity index (χ1) is 12.1. The van der Waals surface area contributed by atoms with Gasteiger partial charge in [-0.2, -0.15) is 0 Å². The molecule has 0 saturated heterocycles. The Morgan fingerprint density at radius 3 is 2.56 bits per heavy atom. The minimum Gasteiger partial charge on any atom is -0.345 e. The molecule has 0 saturated carbocycles. The molecule has 1 N–H and O–H groups in total. The second-order valence-corrected chi connectivity index (χ2v) is 6.92. The van der Waals surface area contributed by atoms with Gasteiger partial charge in [-0.15, -0.1) is 0 Å². The van der Waals surface area contributed by atoms with Gasteiger partial charge in [-0.1, -0.05) is 71.7 Å². The largest absolute Gasteiger partial charge is 0.345 e. The number of fused-ring (bicyclic) bond motifs is 1. The minimum absolute atomic E-state index is 0.539. The third kappa shape index (κ3) is 3.15. The second-order valence-electron chi connectivity index (χ2n) is 6.10. The lowest BCUT2D eigenvalue weighted by atomic mass is 10.0. The van der Waals surface area contributed by atoms with Crippen molar-refractivity contribution in [3.05, 3.63) is 87.8 Å². The number of halogens is 2. The van der Waals surface area contributed by atoms with E-state index >= 15 is 0 Å². The molecule has 124 valence electrons. The predicted molar refractivity (Wildman–Crippen MR) is 106 cm³/mol. The number of aromatic nitrogens is 2. The molecule has 0 atom stereocenters. The van der Waals surface area contributed by atoms with Gasteiger partial charge in [0.2, 0.25) is 0 Å². The molecule has 0 aliphatic carbocycles. The van der Waals surface area contributed by atoms with Crippen molar-refractivity contribution in [1.29, 1.82) is 0 Å². The van der Waals surface area contributed by atoms with Gasteiger partial charge < -0.3 is 4.98 Å². The molecule has 0 radical (unpaired) electrons. The van der Waals surface area contributed by atoms with Gasteiger partial charge in [0.25, 0.3) is 0 Å². The first-order valence-electron chi connectivity index (χ1n) is 8.09. The van der Waals surface area contributed by atoms with Gasteiger partial charge in [-0.25, -0.2) is 4.98 Å². The Morgan fingerprint density at radius 1 is 0.920 bits per heavy atom. The first-order valence-corrected chi connectivity index (χ1v) is 8.85. The molecule has 1 aromatic heterocycles. The van der Waals surface area contributed by atoms with Crippen molar-refractivity contribution >= 4 is 34.0 Å². The number of benzene rings is 3. The molecule has 0 amide bonds. The van der Waals surface area contributed by atoms with Crippen molar-refractivity contribution in [2.24, 2.45) is 0 Å². The number of hydrogen-bond donors (Lipinski definition) is 1. The van der Waals surface area contributed by atoms with E-state index in [0.29, 0.717) is 10.0 Å². The van der Waals surface area contributed by atoms with Crippen LogP contribution in [0.3, 0.4) is 0 Å². The molecular formula is C21H16Cl2N2. The monoisotopic (exact) mass is 366 g/mol. The highest BCUT2D eigenvalue weighted by Crippen LogP contribution is 2.30. The van der Waals surface area contributed by atoms with Crippen molar-refractivity contribution in [2.45, 2.75) is 13.3 Å². The fraction of sp³-hybridized carbons (Fsp3) is 0.0952. The van der Waals surface area contributed by atoms with E-state index in [1.807, 2.05) is 19.1 Å². The summed E-state index contributed by atoms with van der Waals surface area (Å²) in [5.74, 6) is 0.940. The highest BCUT2D eigenvalue weighted by atomic mass is 35.5. The van der Waals surface area contributed by atoms with Crippen LogP contribution in [-0.4, -0.2) is 9.97 Å². The molecule has 0 fully saturated rings. The number of rotatable bonds is 3. The number of nitrogens with zero attached hydrogens (tertiary/aromatic N) is 1.